The number of thioether (sulfide) groups is 1. The van der Waals surface area contributed by atoms with Crippen LogP contribution in [-0.2, 0) is 20.9 Å². The van der Waals surface area contributed by atoms with Gasteiger partial charge in [-0.1, -0.05) is 39.9 Å². The fraction of sp³-hybridized carbons (Fsp3) is 0.350. The Kier molecular flexibility index (Phi) is 6.10. The monoisotopic (exact) mass is 493 g/mol. The van der Waals surface area contributed by atoms with E-state index in [2.05, 4.69) is 21.2 Å². The SMILES string of the molecule is CN1C(=O)/C(=C/c2cn(CC(=O)NC[C@H]3CCCO3)c3ccc(Br)cc23)SC1=S. The first kappa shape index (κ1) is 20.6. The van der Waals surface area contributed by atoms with E-state index < -0.39 is 0 Å². The number of benzene rings is 1. The molecule has 2 aliphatic heterocycles. The van der Waals surface area contributed by atoms with Crippen LogP contribution in [0.15, 0.2) is 33.8 Å². The minimum atomic E-state index is -0.106. The fourth-order valence-corrected chi connectivity index (χ4v) is 5.00. The van der Waals surface area contributed by atoms with Crippen molar-refractivity contribution in [2.75, 3.05) is 20.2 Å². The fourth-order valence-electron chi connectivity index (χ4n) is 3.47. The van der Waals surface area contributed by atoms with Crippen LogP contribution in [0.2, 0.25) is 0 Å². The first-order valence-corrected chi connectivity index (χ1v) is 11.3. The van der Waals surface area contributed by atoms with Crippen LogP contribution in [-0.4, -0.2) is 51.9 Å². The second-order valence-electron chi connectivity index (χ2n) is 7.05. The Morgan fingerprint density at radius 3 is 3.00 bits per heavy atom. The highest BCUT2D eigenvalue weighted by molar-refractivity contribution is 9.10. The second kappa shape index (κ2) is 8.59. The second-order valence-corrected chi connectivity index (χ2v) is 9.65. The number of thiocarbonyl (C=S) groups is 1. The van der Waals surface area contributed by atoms with Gasteiger partial charge in [0.1, 0.15) is 10.9 Å². The zero-order valence-electron chi connectivity index (χ0n) is 15.8. The summed E-state index contributed by atoms with van der Waals surface area (Å²) >= 11 is 10.0. The first-order chi connectivity index (χ1) is 13.9. The van der Waals surface area contributed by atoms with E-state index >= 15 is 0 Å². The molecule has 0 bridgehead atoms. The lowest BCUT2D eigenvalue weighted by atomic mass is 10.1. The molecule has 2 aromatic rings. The van der Waals surface area contributed by atoms with Gasteiger partial charge in [0.05, 0.1) is 11.0 Å². The molecule has 1 atom stereocenters. The van der Waals surface area contributed by atoms with Crippen molar-refractivity contribution in [2.45, 2.75) is 25.5 Å². The van der Waals surface area contributed by atoms with E-state index in [1.54, 1.807) is 7.05 Å². The molecule has 1 N–H and O–H groups in total. The van der Waals surface area contributed by atoms with Crippen LogP contribution in [0.4, 0.5) is 0 Å². The molecular formula is C20H20BrN3O3S2. The van der Waals surface area contributed by atoms with Crippen LogP contribution in [0.5, 0.6) is 0 Å². The molecule has 2 fully saturated rings. The van der Waals surface area contributed by atoms with Gasteiger partial charge in [-0.3, -0.25) is 14.5 Å². The van der Waals surface area contributed by atoms with Gasteiger partial charge >= 0.3 is 0 Å². The third-order valence-corrected chi connectivity index (χ3v) is 6.99. The molecule has 3 heterocycles. The van der Waals surface area contributed by atoms with Gasteiger partial charge in [-0.25, -0.2) is 0 Å². The Bertz CT molecular complexity index is 1030. The molecule has 0 saturated carbocycles. The number of ether oxygens (including phenoxy) is 1. The largest absolute Gasteiger partial charge is 0.376 e. The smallest absolute Gasteiger partial charge is 0.265 e. The van der Waals surface area contributed by atoms with Crippen molar-refractivity contribution in [3.05, 3.63) is 39.3 Å². The topological polar surface area (TPSA) is 63.6 Å². The third-order valence-electron chi connectivity index (χ3n) is 5.01. The number of aromatic nitrogens is 1. The molecule has 2 aliphatic rings. The van der Waals surface area contributed by atoms with Gasteiger partial charge in [0.15, 0.2) is 0 Å². The number of halogens is 1. The summed E-state index contributed by atoms with van der Waals surface area (Å²) in [5.74, 6) is -0.169. The molecule has 1 aromatic heterocycles. The van der Waals surface area contributed by atoms with Crippen LogP contribution >= 0.6 is 39.9 Å². The first-order valence-electron chi connectivity index (χ1n) is 9.30. The van der Waals surface area contributed by atoms with Crippen molar-refractivity contribution >= 4 is 73.0 Å². The summed E-state index contributed by atoms with van der Waals surface area (Å²) in [7, 11) is 1.68. The number of rotatable bonds is 5. The number of fused-ring (bicyclic) bond motifs is 1. The minimum absolute atomic E-state index is 0.0632. The maximum absolute atomic E-state index is 12.5. The predicted octanol–water partition coefficient (Wildman–Crippen LogP) is 3.53. The van der Waals surface area contributed by atoms with Gasteiger partial charge in [0.2, 0.25) is 5.91 Å². The summed E-state index contributed by atoms with van der Waals surface area (Å²) < 4.78 is 8.94. The van der Waals surface area contributed by atoms with E-state index in [4.69, 9.17) is 17.0 Å². The quantitative estimate of drug-likeness (QED) is 0.509. The normalized spacial score (nSPS) is 21.0. The van der Waals surface area contributed by atoms with Crippen LogP contribution in [0, 0.1) is 0 Å². The summed E-state index contributed by atoms with van der Waals surface area (Å²) in [4.78, 5) is 26.9. The Morgan fingerprint density at radius 2 is 2.31 bits per heavy atom. The van der Waals surface area contributed by atoms with Gasteiger partial charge in [0, 0.05) is 47.3 Å². The highest BCUT2D eigenvalue weighted by atomic mass is 79.9. The highest BCUT2D eigenvalue weighted by Crippen LogP contribution is 2.34. The number of carbonyl (C=O) groups excluding carboxylic acids is 2. The van der Waals surface area contributed by atoms with Crippen LogP contribution in [0.1, 0.15) is 18.4 Å². The number of amides is 2. The highest BCUT2D eigenvalue weighted by Gasteiger charge is 2.29. The van der Waals surface area contributed by atoms with Crippen LogP contribution in [0.25, 0.3) is 17.0 Å². The van der Waals surface area contributed by atoms with Crippen molar-refractivity contribution in [3.8, 4) is 0 Å². The third kappa shape index (κ3) is 4.42. The molecule has 1 aromatic carbocycles. The Hall–Kier alpha value is -1.68. The molecule has 0 aliphatic carbocycles. The lowest BCUT2D eigenvalue weighted by Gasteiger charge is -2.11. The Labute approximate surface area is 186 Å². The number of nitrogens with one attached hydrogen (secondary N) is 1. The van der Waals surface area contributed by atoms with Crippen molar-refractivity contribution in [1.29, 1.82) is 0 Å². The summed E-state index contributed by atoms with van der Waals surface area (Å²) in [6.07, 6.45) is 5.90. The summed E-state index contributed by atoms with van der Waals surface area (Å²) in [6, 6.07) is 5.90. The molecule has 0 radical (unpaired) electrons. The molecule has 0 spiro atoms. The van der Waals surface area contributed by atoms with E-state index in [9.17, 15) is 9.59 Å². The molecular weight excluding hydrogens is 474 g/mol. The lowest BCUT2D eigenvalue weighted by molar-refractivity contribution is -0.122. The predicted molar refractivity (Wildman–Crippen MR) is 123 cm³/mol. The summed E-state index contributed by atoms with van der Waals surface area (Å²) in [5, 5.41) is 3.92. The standard InChI is InChI=1S/C20H20BrN3O3S2/c1-23-19(26)17(29-20(23)28)7-12-10-24(16-5-4-13(21)8-15(12)16)11-18(25)22-9-14-3-2-6-27-14/h4-5,7-8,10,14H,2-3,6,9,11H2,1H3,(H,22,25)/b17-7-/t14-/m1/s1. The number of likely N-dealkylation sites (N-methyl/N-ethyl adjacent to an activating group) is 1. The van der Waals surface area contributed by atoms with Gasteiger partial charge in [-0.15, -0.1) is 0 Å². The zero-order valence-corrected chi connectivity index (χ0v) is 19.0. The number of carbonyl (C=O) groups is 2. The van der Waals surface area contributed by atoms with Gasteiger partial charge in [-0.05, 0) is 37.1 Å². The number of hydrogen-bond donors (Lipinski definition) is 1. The van der Waals surface area contributed by atoms with Crippen molar-refractivity contribution in [2.24, 2.45) is 0 Å². The lowest BCUT2D eigenvalue weighted by Crippen LogP contribution is -2.34. The van der Waals surface area contributed by atoms with Gasteiger partial charge in [-0.2, -0.15) is 0 Å². The minimum Gasteiger partial charge on any atom is -0.376 e. The molecule has 9 heteroatoms. The Morgan fingerprint density at radius 1 is 1.48 bits per heavy atom. The van der Waals surface area contributed by atoms with Gasteiger partial charge < -0.3 is 14.6 Å². The molecule has 2 amide bonds. The maximum atomic E-state index is 12.5. The van der Waals surface area contributed by atoms with E-state index in [0.717, 1.165) is 40.4 Å². The molecule has 4 rings (SSSR count). The molecule has 0 unspecified atom stereocenters. The molecule has 29 heavy (non-hydrogen) atoms. The molecule has 6 nitrogen and oxygen atoms in total. The van der Waals surface area contributed by atoms with Crippen molar-refractivity contribution in [3.63, 3.8) is 0 Å². The Balaban J connectivity index is 1.59. The molecule has 2 saturated heterocycles. The van der Waals surface area contributed by atoms with E-state index in [-0.39, 0.29) is 24.5 Å². The van der Waals surface area contributed by atoms with E-state index in [1.807, 2.05) is 35.0 Å². The van der Waals surface area contributed by atoms with Gasteiger partial charge in [0.25, 0.3) is 5.91 Å². The van der Waals surface area contributed by atoms with E-state index in [1.165, 1.54) is 16.7 Å². The summed E-state index contributed by atoms with van der Waals surface area (Å²) in [5.41, 5.74) is 1.81. The van der Waals surface area contributed by atoms with Crippen molar-refractivity contribution in [1.82, 2.24) is 14.8 Å². The van der Waals surface area contributed by atoms with Crippen LogP contribution < -0.4 is 5.32 Å². The number of nitrogens with zero attached hydrogens (tertiary/aromatic N) is 2. The maximum Gasteiger partial charge on any atom is 0.265 e. The number of hydrogen-bond acceptors (Lipinski definition) is 5. The summed E-state index contributed by atoms with van der Waals surface area (Å²) in [6.45, 7) is 1.51. The zero-order chi connectivity index (χ0) is 20.5. The average molecular weight is 494 g/mol. The average Bonchev–Trinajstić information content (AvgIpc) is 3.38. The van der Waals surface area contributed by atoms with Crippen molar-refractivity contribution < 1.29 is 14.3 Å². The van der Waals surface area contributed by atoms with E-state index in [0.29, 0.717) is 15.8 Å². The molecule has 152 valence electrons. The van der Waals surface area contributed by atoms with Crippen LogP contribution in [0.3, 0.4) is 0 Å².